The minimum absolute atomic E-state index is 0.0364. The number of hydrogen-bond acceptors (Lipinski definition) is 2. The van der Waals surface area contributed by atoms with Crippen LogP contribution in [0.25, 0.3) is 0 Å². The normalized spacial score (nSPS) is 14.2. The largest absolute Gasteiger partial charge is 0.310 e. The number of amides is 1. The average molecular weight is 285 g/mol. The maximum atomic E-state index is 11.8. The predicted octanol–water partition coefficient (Wildman–Crippen LogP) is 3.14. The van der Waals surface area contributed by atoms with Crippen LogP contribution < -0.4 is 5.32 Å². The molecule has 4 heteroatoms. The Labute approximate surface area is 105 Å². The zero-order valence-corrected chi connectivity index (χ0v) is 11.4. The molecule has 0 fully saturated rings. The van der Waals surface area contributed by atoms with Crippen molar-refractivity contribution in [2.45, 2.75) is 32.0 Å². The first-order valence-electron chi connectivity index (χ1n) is 5.42. The van der Waals surface area contributed by atoms with Crippen molar-refractivity contribution in [3.63, 3.8) is 0 Å². The molecule has 3 nitrogen and oxygen atoms in total. The first-order valence-corrected chi connectivity index (χ1v) is 6.33. The van der Waals surface area contributed by atoms with Crippen LogP contribution in [0.5, 0.6) is 0 Å². The molecule has 1 heterocycles. The van der Waals surface area contributed by atoms with Crippen LogP contribution in [0.2, 0.25) is 0 Å². The third-order valence-electron chi connectivity index (χ3n) is 2.56. The number of pyridine rings is 1. The Hall–Kier alpha value is -0.900. The Morgan fingerprint density at radius 2 is 2.25 bits per heavy atom. The Morgan fingerprint density at radius 3 is 2.75 bits per heavy atom. The summed E-state index contributed by atoms with van der Waals surface area (Å²) in [6.45, 7) is 6.07. The van der Waals surface area contributed by atoms with Crippen molar-refractivity contribution in [1.29, 1.82) is 0 Å². The standard InChI is InChI=1S/C12H17BrN2O/c1-4-9(3)11(13)12(16)15-10-6-5-8(2)7-14-10/h5-7,9,11H,4H2,1-3H3,(H,14,15,16). The fraction of sp³-hybridized carbons (Fsp3) is 0.500. The molecule has 0 aliphatic carbocycles. The molecule has 16 heavy (non-hydrogen) atoms. The molecular formula is C12H17BrN2O. The predicted molar refractivity (Wildman–Crippen MR) is 69.8 cm³/mol. The molecule has 1 amide bonds. The number of aromatic nitrogens is 1. The van der Waals surface area contributed by atoms with Gasteiger partial charge in [0.25, 0.3) is 0 Å². The second kappa shape index (κ2) is 5.99. The van der Waals surface area contributed by atoms with Gasteiger partial charge in [0.15, 0.2) is 0 Å². The smallest absolute Gasteiger partial charge is 0.239 e. The van der Waals surface area contributed by atoms with E-state index in [-0.39, 0.29) is 10.7 Å². The number of nitrogens with one attached hydrogen (secondary N) is 1. The van der Waals surface area contributed by atoms with E-state index in [1.54, 1.807) is 6.20 Å². The lowest BCUT2D eigenvalue weighted by molar-refractivity contribution is -0.116. The number of nitrogens with zero attached hydrogens (tertiary/aromatic N) is 1. The molecule has 2 unspecified atom stereocenters. The van der Waals surface area contributed by atoms with Crippen molar-refractivity contribution in [3.8, 4) is 0 Å². The number of hydrogen-bond donors (Lipinski definition) is 1. The maximum Gasteiger partial charge on any atom is 0.239 e. The van der Waals surface area contributed by atoms with Gasteiger partial charge >= 0.3 is 0 Å². The van der Waals surface area contributed by atoms with Gasteiger partial charge < -0.3 is 5.32 Å². The fourth-order valence-corrected chi connectivity index (χ4v) is 1.69. The molecule has 1 N–H and O–H groups in total. The highest BCUT2D eigenvalue weighted by atomic mass is 79.9. The van der Waals surface area contributed by atoms with Crippen molar-refractivity contribution in [2.24, 2.45) is 5.92 Å². The van der Waals surface area contributed by atoms with Crippen molar-refractivity contribution < 1.29 is 4.79 Å². The van der Waals surface area contributed by atoms with Gasteiger partial charge in [-0.3, -0.25) is 4.79 Å². The van der Waals surface area contributed by atoms with Crippen molar-refractivity contribution >= 4 is 27.7 Å². The molecular weight excluding hydrogens is 268 g/mol. The number of carbonyl (C=O) groups is 1. The highest BCUT2D eigenvalue weighted by Gasteiger charge is 2.20. The maximum absolute atomic E-state index is 11.8. The van der Waals surface area contributed by atoms with Gasteiger partial charge in [0, 0.05) is 6.20 Å². The van der Waals surface area contributed by atoms with Crippen LogP contribution in [0.4, 0.5) is 5.82 Å². The lowest BCUT2D eigenvalue weighted by Crippen LogP contribution is -2.28. The summed E-state index contributed by atoms with van der Waals surface area (Å²) < 4.78 is 0. The first-order chi connectivity index (χ1) is 7.54. The summed E-state index contributed by atoms with van der Waals surface area (Å²) in [6.07, 6.45) is 2.70. The second-order valence-corrected chi connectivity index (χ2v) is 4.98. The van der Waals surface area contributed by atoms with Crippen LogP contribution in [-0.2, 0) is 4.79 Å². The Bertz CT molecular complexity index is 351. The van der Waals surface area contributed by atoms with Gasteiger partial charge in [0.05, 0.1) is 4.83 Å². The molecule has 0 aliphatic rings. The van der Waals surface area contributed by atoms with E-state index >= 15 is 0 Å². The number of halogens is 1. The Kier molecular flexibility index (Phi) is 4.93. The van der Waals surface area contributed by atoms with E-state index in [4.69, 9.17) is 0 Å². The average Bonchev–Trinajstić information content (AvgIpc) is 2.30. The SMILES string of the molecule is CCC(C)C(Br)C(=O)Nc1ccc(C)cn1. The van der Waals surface area contributed by atoms with Crippen LogP contribution in [0.1, 0.15) is 25.8 Å². The summed E-state index contributed by atoms with van der Waals surface area (Å²) in [5, 5.41) is 2.79. The topological polar surface area (TPSA) is 42.0 Å². The molecule has 1 aromatic rings. The van der Waals surface area contributed by atoms with Gasteiger partial charge in [-0.05, 0) is 24.5 Å². The Balaban J connectivity index is 2.60. The van der Waals surface area contributed by atoms with E-state index in [0.29, 0.717) is 11.7 Å². The van der Waals surface area contributed by atoms with Gasteiger partial charge in [-0.25, -0.2) is 4.98 Å². The highest BCUT2D eigenvalue weighted by Crippen LogP contribution is 2.17. The van der Waals surface area contributed by atoms with E-state index in [2.05, 4.69) is 33.2 Å². The number of anilines is 1. The summed E-state index contributed by atoms with van der Waals surface area (Å²) in [5.74, 6) is 0.875. The summed E-state index contributed by atoms with van der Waals surface area (Å²) in [5.41, 5.74) is 1.08. The van der Waals surface area contributed by atoms with Crippen molar-refractivity contribution in [2.75, 3.05) is 5.32 Å². The van der Waals surface area contributed by atoms with Gasteiger partial charge in [0.1, 0.15) is 5.82 Å². The molecule has 0 saturated heterocycles. The van der Waals surface area contributed by atoms with Crippen LogP contribution in [0.15, 0.2) is 18.3 Å². The van der Waals surface area contributed by atoms with E-state index in [1.165, 1.54) is 0 Å². The van der Waals surface area contributed by atoms with Gasteiger partial charge in [-0.15, -0.1) is 0 Å². The van der Waals surface area contributed by atoms with Crippen LogP contribution >= 0.6 is 15.9 Å². The zero-order valence-electron chi connectivity index (χ0n) is 9.83. The van der Waals surface area contributed by atoms with E-state index in [9.17, 15) is 4.79 Å². The van der Waals surface area contributed by atoms with Gasteiger partial charge in [-0.1, -0.05) is 42.3 Å². The van der Waals surface area contributed by atoms with Crippen molar-refractivity contribution in [1.82, 2.24) is 4.98 Å². The molecule has 0 bridgehead atoms. The van der Waals surface area contributed by atoms with E-state index in [0.717, 1.165) is 12.0 Å². The highest BCUT2D eigenvalue weighted by molar-refractivity contribution is 9.10. The quantitative estimate of drug-likeness (QED) is 0.863. The minimum atomic E-state index is -0.166. The third kappa shape index (κ3) is 3.59. The van der Waals surface area contributed by atoms with Crippen LogP contribution in [-0.4, -0.2) is 15.7 Å². The number of carbonyl (C=O) groups excluding carboxylic acids is 1. The summed E-state index contributed by atoms with van der Waals surface area (Å²) in [4.78, 5) is 15.8. The molecule has 0 radical (unpaired) electrons. The molecule has 2 atom stereocenters. The number of rotatable bonds is 4. The third-order valence-corrected chi connectivity index (χ3v) is 3.87. The van der Waals surface area contributed by atoms with Gasteiger partial charge in [-0.2, -0.15) is 0 Å². The molecule has 1 aromatic heterocycles. The van der Waals surface area contributed by atoms with Gasteiger partial charge in [0.2, 0.25) is 5.91 Å². The molecule has 88 valence electrons. The second-order valence-electron chi connectivity index (χ2n) is 4.00. The lowest BCUT2D eigenvalue weighted by atomic mass is 10.0. The summed E-state index contributed by atoms with van der Waals surface area (Å²) >= 11 is 3.40. The lowest BCUT2D eigenvalue weighted by Gasteiger charge is -2.15. The zero-order chi connectivity index (χ0) is 12.1. The fourth-order valence-electron chi connectivity index (χ4n) is 1.20. The molecule has 0 aliphatic heterocycles. The monoisotopic (exact) mass is 284 g/mol. The molecule has 0 spiro atoms. The molecule has 0 aromatic carbocycles. The molecule has 0 saturated carbocycles. The minimum Gasteiger partial charge on any atom is -0.310 e. The van der Waals surface area contributed by atoms with E-state index in [1.807, 2.05) is 26.0 Å². The van der Waals surface area contributed by atoms with Crippen molar-refractivity contribution in [3.05, 3.63) is 23.9 Å². The van der Waals surface area contributed by atoms with E-state index < -0.39 is 0 Å². The molecule has 1 rings (SSSR count). The Morgan fingerprint density at radius 1 is 1.56 bits per heavy atom. The first kappa shape index (κ1) is 13.2. The number of aryl methyl sites for hydroxylation is 1. The van der Waals surface area contributed by atoms with Crippen LogP contribution in [0, 0.1) is 12.8 Å². The van der Waals surface area contributed by atoms with Crippen LogP contribution in [0.3, 0.4) is 0 Å². The number of alkyl halides is 1. The summed E-state index contributed by atoms with van der Waals surface area (Å²) in [7, 11) is 0. The summed E-state index contributed by atoms with van der Waals surface area (Å²) in [6, 6.07) is 3.73.